The van der Waals surface area contributed by atoms with Crippen LogP contribution in [-0.4, -0.2) is 64.2 Å². The summed E-state index contributed by atoms with van der Waals surface area (Å²) >= 11 is 0. The summed E-state index contributed by atoms with van der Waals surface area (Å²) in [7, 11) is 1.59. The molecule has 2 aromatic carbocycles. The number of amides is 2. The van der Waals surface area contributed by atoms with E-state index >= 15 is 0 Å². The quantitative estimate of drug-likeness (QED) is 0.163. The van der Waals surface area contributed by atoms with E-state index in [4.69, 9.17) is 9.47 Å². The average Bonchev–Trinajstić information content (AvgIpc) is 3.71. The number of aryl methyl sites for hydroxylation is 3. The Morgan fingerprint density at radius 2 is 1.66 bits per heavy atom. The van der Waals surface area contributed by atoms with Crippen LogP contribution in [0, 0.1) is 6.92 Å². The molecule has 1 fully saturated rings. The second kappa shape index (κ2) is 13.5. The van der Waals surface area contributed by atoms with Crippen LogP contribution in [0.3, 0.4) is 0 Å². The largest absolute Gasteiger partial charge is 0.493 e. The summed E-state index contributed by atoms with van der Waals surface area (Å²) < 4.78 is 16.1. The summed E-state index contributed by atoms with van der Waals surface area (Å²) in [4.78, 5) is 33.3. The summed E-state index contributed by atoms with van der Waals surface area (Å²) in [5.74, 6) is 0.362. The first kappa shape index (κ1) is 29.7. The minimum atomic E-state index is -0.411. The van der Waals surface area contributed by atoms with Crippen molar-refractivity contribution in [2.45, 2.75) is 58.5 Å². The average molecular weight is 596 g/mol. The molecule has 0 atom stereocenters. The number of para-hydroxylation sites is 1. The van der Waals surface area contributed by atoms with Crippen molar-refractivity contribution in [1.29, 1.82) is 0 Å². The third-order valence-corrected chi connectivity index (χ3v) is 8.73. The first-order chi connectivity index (χ1) is 21.5. The maximum Gasteiger partial charge on any atom is 0.259 e. The zero-order valence-electron chi connectivity index (χ0n) is 25.7. The molecule has 0 unspecified atom stereocenters. The van der Waals surface area contributed by atoms with Crippen LogP contribution in [0.4, 0.5) is 0 Å². The molecule has 4 heterocycles. The lowest BCUT2D eigenvalue weighted by Crippen LogP contribution is -2.30. The van der Waals surface area contributed by atoms with E-state index in [1.807, 2.05) is 56.0 Å². The standard InChI is InChI=1S/C35H41N5O4/c1-25-22-36-24-40(25)19-10-18-39-23-28(27-11-4-5-12-29(27)39)33-32(34(41)37-35(33)42)26-13-14-30(31(21-26)43-2)44-20-9-8-17-38-15-6-3-7-16-38/h4-5,11-14,21-24H,3,6-10,15-20H2,1-2H3,(H,37,41,42). The number of benzene rings is 2. The molecule has 0 spiro atoms. The minimum Gasteiger partial charge on any atom is -0.493 e. The van der Waals surface area contributed by atoms with Crippen LogP contribution >= 0.6 is 0 Å². The van der Waals surface area contributed by atoms with E-state index < -0.39 is 11.8 Å². The van der Waals surface area contributed by atoms with E-state index in [1.165, 1.54) is 32.4 Å². The van der Waals surface area contributed by atoms with Gasteiger partial charge in [-0.05, 0) is 82.4 Å². The number of piperidine rings is 1. The van der Waals surface area contributed by atoms with E-state index in [9.17, 15) is 9.59 Å². The minimum absolute atomic E-state index is 0.346. The van der Waals surface area contributed by atoms with Gasteiger partial charge in [0.25, 0.3) is 11.8 Å². The van der Waals surface area contributed by atoms with Gasteiger partial charge in [-0.3, -0.25) is 14.9 Å². The predicted molar refractivity (Wildman–Crippen MR) is 171 cm³/mol. The van der Waals surface area contributed by atoms with Crippen molar-refractivity contribution in [3.05, 3.63) is 78.0 Å². The molecule has 9 heteroatoms. The number of carbonyl (C=O) groups excluding carboxylic acids is 2. The molecule has 0 bridgehead atoms. The zero-order chi connectivity index (χ0) is 30.5. The van der Waals surface area contributed by atoms with E-state index in [2.05, 4.69) is 30.4 Å². The number of unbranched alkanes of at least 4 members (excludes halogenated alkanes) is 1. The van der Waals surface area contributed by atoms with Gasteiger partial charge in [0.1, 0.15) is 0 Å². The van der Waals surface area contributed by atoms with Gasteiger partial charge in [-0.2, -0.15) is 0 Å². The Morgan fingerprint density at radius 1 is 0.864 bits per heavy atom. The van der Waals surface area contributed by atoms with E-state index in [0.29, 0.717) is 34.8 Å². The number of hydrogen-bond acceptors (Lipinski definition) is 6. The second-order valence-corrected chi connectivity index (χ2v) is 11.7. The highest BCUT2D eigenvalue weighted by Gasteiger charge is 2.34. The molecule has 0 aliphatic carbocycles. The number of hydrogen-bond donors (Lipinski definition) is 1. The van der Waals surface area contributed by atoms with Crippen molar-refractivity contribution in [3.8, 4) is 11.5 Å². The molecule has 2 aromatic heterocycles. The van der Waals surface area contributed by atoms with Crippen molar-refractivity contribution in [2.24, 2.45) is 0 Å². The first-order valence-electron chi connectivity index (χ1n) is 15.7. The Bertz CT molecular complexity index is 1680. The van der Waals surface area contributed by atoms with Gasteiger partial charge in [0, 0.05) is 47.6 Å². The lowest BCUT2D eigenvalue weighted by atomic mass is 9.95. The van der Waals surface area contributed by atoms with Gasteiger partial charge in [-0.25, -0.2) is 4.98 Å². The van der Waals surface area contributed by atoms with E-state index in [-0.39, 0.29) is 0 Å². The van der Waals surface area contributed by atoms with Gasteiger partial charge in [0.15, 0.2) is 11.5 Å². The number of aromatic nitrogens is 3. The Labute approximate surface area is 258 Å². The lowest BCUT2D eigenvalue weighted by Gasteiger charge is -2.26. The van der Waals surface area contributed by atoms with Gasteiger partial charge in [-0.15, -0.1) is 0 Å². The fourth-order valence-corrected chi connectivity index (χ4v) is 6.40. The molecule has 2 aliphatic heterocycles. The summed E-state index contributed by atoms with van der Waals surface area (Å²) in [5, 5.41) is 3.47. The van der Waals surface area contributed by atoms with Gasteiger partial charge < -0.3 is 23.5 Å². The van der Waals surface area contributed by atoms with Crippen LogP contribution in [0.25, 0.3) is 22.0 Å². The van der Waals surface area contributed by atoms with Crippen LogP contribution in [0.15, 0.2) is 61.2 Å². The maximum absolute atomic E-state index is 13.3. The number of carbonyl (C=O) groups is 2. The zero-order valence-corrected chi connectivity index (χ0v) is 25.7. The Balaban J connectivity index is 1.22. The van der Waals surface area contributed by atoms with Crippen LogP contribution < -0.4 is 14.8 Å². The van der Waals surface area contributed by atoms with Crippen molar-refractivity contribution in [2.75, 3.05) is 33.4 Å². The van der Waals surface area contributed by atoms with Crippen LogP contribution in [0.1, 0.15) is 55.3 Å². The van der Waals surface area contributed by atoms with Crippen LogP contribution in [-0.2, 0) is 22.7 Å². The number of rotatable bonds is 13. The Morgan fingerprint density at radius 3 is 2.45 bits per heavy atom. The molecule has 1 saturated heterocycles. The molecule has 4 aromatic rings. The smallest absolute Gasteiger partial charge is 0.259 e. The normalized spacial score (nSPS) is 15.8. The van der Waals surface area contributed by atoms with Crippen molar-refractivity contribution in [1.82, 2.24) is 24.3 Å². The second-order valence-electron chi connectivity index (χ2n) is 11.7. The highest BCUT2D eigenvalue weighted by atomic mass is 16.5. The lowest BCUT2D eigenvalue weighted by molar-refractivity contribution is -0.122. The molecule has 6 rings (SSSR count). The first-order valence-corrected chi connectivity index (χ1v) is 15.7. The van der Waals surface area contributed by atoms with Crippen LogP contribution in [0.2, 0.25) is 0 Å². The van der Waals surface area contributed by atoms with Crippen molar-refractivity contribution < 1.29 is 19.1 Å². The van der Waals surface area contributed by atoms with E-state index in [0.717, 1.165) is 61.1 Å². The SMILES string of the molecule is COc1cc(C2=C(c3cn(CCCn4cncc4C)c4ccccc34)C(=O)NC2=O)ccc1OCCCCN1CCCCC1. The molecule has 0 radical (unpaired) electrons. The summed E-state index contributed by atoms with van der Waals surface area (Å²) in [6.45, 7) is 7.76. The number of methoxy groups -OCH3 is 1. The molecular formula is C35H41N5O4. The third kappa shape index (κ3) is 6.28. The number of nitrogens with zero attached hydrogens (tertiary/aromatic N) is 4. The summed E-state index contributed by atoms with van der Waals surface area (Å²) in [6, 6.07) is 13.5. The number of fused-ring (bicyclic) bond motifs is 1. The van der Waals surface area contributed by atoms with Gasteiger partial charge in [0.2, 0.25) is 0 Å². The molecule has 1 N–H and O–H groups in total. The van der Waals surface area contributed by atoms with Crippen molar-refractivity contribution in [3.63, 3.8) is 0 Å². The van der Waals surface area contributed by atoms with Gasteiger partial charge >= 0.3 is 0 Å². The molecule has 2 amide bonds. The molecule has 44 heavy (non-hydrogen) atoms. The number of imide groups is 1. The third-order valence-electron chi connectivity index (χ3n) is 8.73. The van der Waals surface area contributed by atoms with Crippen molar-refractivity contribution >= 4 is 33.9 Å². The monoisotopic (exact) mass is 595 g/mol. The molecule has 230 valence electrons. The Hall–Kier alpha value is -4.37. The maximum atomic E-state index is 13.3. The van der Waals surface area contributed by atoms with Crippen LogP contribution in [0.5, 0.6) is 11.5 Å². The number of ether oxygens (including phenoxy) is 2. The topological polar surface area (TPSA) is 90.6 Å². The van der Waals surface area contributed by atoms with Gasteiger partial charge in [0.05, 0.1) is 31.2 Å². The fourth-order valence-electron chi connectivity index (χ4n) is 6.40. The van der Waals surface area contributed by atoms with E-state index in [1.54, 1.807) is 13.2 Å². The fraction of sp³-hybridized carbons (Fsp3) is 0.400. The number of nitrogens with one attached hydrogen (secondary N) is 1. The summed E-state index contributed by atoms with van der Waals surface area (Å²) in [5.41, 5.74) is 4.22. The summed E-state index contributed by atoms with van der Waals surface area (Å²) in [6.07, 6.45) is 12.6. The molecule has 9 nitrogen and oxygen atoms in total. The van der Waals surface area contributed by atoms with Gasteiger partial charge in [-0.1, -0.05) is 30.7 Å². The predicted octanol–water partition coefficient (Wildman–Crippen LogP) is 5.46. The highest BCUT2D eigenvalue weighted by molar-refractivity contribution is 6.50. The number of imidazole rings is 1. The molecule has 0 saturated carbocycles. The molecular weight excluding hydrogens is 554 g/mol. The number of likely N-dealkylation sites (tertiary alicyclic amines) is 1. The Kier molecular flexibility index (Phi) is 9.12. The highest BCUT2D eigenvalue weighted by Crippen LogP contribution is 2.39. The molecule has 2 aliphatic rings.